The standard InChI is InChI=1S/C20H30O4.C14H30O2Si.C12H16O3.C12H22O3.C12H16O2.C11H14O2/c1-3-19(13-23-14-19)11-21-9-17-5-7-18(8-6-17)10-22-12-20(4-2)15-24-16-20;1-5-17(6-2,7-3)10-8-9-15-11-14(4)12-16-13-14;1-9-5-10(3-4-11(9)13)15-8-12(2)6-14-7-12;1-3-11(5-13-6-11)9-15-10-12(4-2)7-14-8-12;1-2-12(8-13-9-12)10-14-11-6-4-3-5-7-11;1-11(7-12-8-11)9-13-10-5-3-2-4-6-10/h5-8H,3-4,9-16H2,1-2H3;5-13H2,1-4H3;3-5,13H,6-8H2,1-2H3;3-10H2,1-2H3;3-7H,2,8-10H2,1H3;2-6H,7-9H2,1H3. The summed E-state index contributed by atoms with van der Waals surface area (Å²) in [6, 6.07) is 39.4. The quantitative estimate of drug-likeness (QED) is 0.0342. The van der Waals surface area contributed by atoms with Crippen molar-refractivity contribution in [3.63, 3.8) is 0 Å². The topological polar surface area (TPSA) is 159 Å². The van der Waals surface area contributed by atoms with Gasteiger partial charge in [-0.2, -0.15) is 0 Å². The van der Waals surface area contributed by atoms with Gasteiger partial charge in [0, 0.05) is 44.5 Å². The minimum absolute atomic E-state index is 0.159. The van der Waals surface area contributed by atoms with Crippen LogP contribution in [0, 0.1) is 50.2 Å². The van der Waals surface area contributed by atoms with Gasteiger partial charge in [-0.1, -0.05) is 161 Å². The van der Waals surface area contributed by atoms with Crippen molar-refractivity contribution in [1.29, 1.82) is 0 Å². The van der Waals surface area contributed by atoms with Gasteiger partial charge in [-0.05, 0) is 105 Å². The summed E-state index contributed by atoms with van der Waals surface area (Å²) in [4.78, 5) is 0. The van der Waals surface area contributed by atoms with Crippen molar-refractivity contribution in [3.05, 3.63) is 120 Å². The van der Waals surface area contributed by atoms with Gasteiger partial charge in [0.15, 0.2) is 0 Å². The predicted molar refractivity (Wildman–Crippen MR) is 391 cm³/mol. The minimum atomic E-state index is -0.912. The van der Waals surface area contributed by atoms with Gasteiger partial charge in [0.25, 0.3) is 0 Å². The van der Waals surface area contributed by atoms with Crippen molar-refractivity contribution >= 4 is 8.07 Å². The molecule has 0 amide bonds. The Labute approximate surface area is 591 Å². The third kappa shape index (κ3) is 25.4. The Kier molecular flexibility index (Phi) is 33.1. The third-order valence-corrected chi connectivity index (χ3v) is 27.7. The normalized spacial score (nSPS) is 20.6. The highest BCUT2D eigenvalue weighted by atomic mass is 28.3. The van der Waals surface area contributed by atoms with Gasteiger partial charge in [0.05, 0.1) is 185 Å². The lowest BCUT2D eigenvalue weighted by Gasteiger charge is -2.44. The fourth-order valence-electron chi connectivity index (χ4n) is 12.1. The van der Waals surface area contributed by atoms with Crippen LogP contribution in [0.1, 0.15) is 131 Å². The maximum atomic E-state index is 9.35. The van der Waals surface area contributed by atoms with Gasteiger partial charge < -0.3 is 76.2 Å². The van der Waals surface area contributed by atoms with E-state index >= 15 is 0 Å². The molecule has 8 aliphatic heterocycles. The van der Waals surface area contributed by atoms with Gasteiger partial charge in [-0.25, -0.2) is 0 Å². The summed E-state index contributed by atoms with van der Waals surface area (Å²) in [6.07, 6.45) is 6.94. The van der Waals surface area contributed by atoms with Crippen LogP contribution in [0.2, 0.25) is 24.2 Å². The molecule has 4 aromatic carbocycles. The van der Waals surface area contributed by atoms with Crippen LogP contribution in [0.15, 0.2) is 103 Å². The van der Waals surface area contributed by atoms with E-state index in [0.717, 1.165) is 213 Å². The number of para-hydroxylation sites is 2. The average Bonchev–Trinajstić information content (AvgIpc) is 0.845. The Morgan fingerprint density at radius 3 is 1.00 bits per heavy atom. The third-order valence-electron chi connectivity index (χ3n) is 21.8. The van der Waals surface area contributed by atoms with Crippen molar-refractivity contribution in [2.75, 3.05) is 165 Å². The molecule has 552 valence electrons. The molecule has 8 fully saturated rings. The molecule has 0 saturated carbocycles. The van der Waals surface area contributed by atoms with Crippen molar-refractivity contribution < 1.29 is 76.2 Å². The van der Waals surface area contributed by atoms with Crippen molar-refractivity contribution in [3.8, 4) is 23.0 Å². The first-order valence-electron chi connectivity index (χ1n) is 37.0. The van der Waals surface area contributed by atoms with Crippen molar-refractivity contribution in [2.45, 2.75) is 159 Å². The highest BCUT2D eigenvalue weighted by molar-refractivity contribution is 6.79. The second-order valence-corrected chi connectivity index (χ2v) is 36.7. The fraction of sp³-hybridized carbons (Fsp3) is 0.704. The molecular weight excluding hydrogens is 1260 g/mol. The fourth-order valence-corrected chi connectivity index (χ4v) is 15.6. The van der Waals surface area contributed by atoms with E-state index in [1.165, 1.54) is 41.7 Å². The Bertz CT molecular complexity index is 2680. The zero-order valence-electron chi connectivity index (χ0n) is 62.5. The van der Waals surface area contributed by atoms with Crippen LogP contribution >= 0.6 is 0 Å². The molecule has 0 aliphatic carbocycles. The number of benzene rings is 4. The molecule has 98 heavy (non-hydrogen) atoms. The molecule has 0 unspecified atom stereocenters. The highest BCUT2D eigenvalue weighted by Crippen LogP contribution is 2.38. The number of hydrogen-bond acceptors (Lipinski definition) is 16. The summed E-state index contributed by atoms with van der Waals surface area (Å²) < 4.78 is 82.5. The second-order valence-electron chi connectivity index (χ2n) is 31.1. The number of hydrogen-bond donors (Lipinski definition) is 1. The summed E-state index contributed by atoms with van der Waals surface area (Å²) in [5.74, 6) is 3.00. The molecule has 0 atom stereocenters. The smallest absolute Gasteiger partial charge is 0.119 e. The van der Waals surface area contributed by atoms with Gasteiger partial charge in [-0.15, -0.1) is 0 Å². The van der Waals surface area contributed by atoms with E-state index in [-0.39, 0.29) is 27.1 Å². The second kappa shape index (κ2) is 40.0. The van der Waals surface area contributed by atoms with Gasteiger partial charge in [0.2, 0.25) is 0 Å². The molecule has 0 aromatic heterocycles. The van der Waals surface area contributed by atoms with E-state index in [4.69, 9.17) is 71.1 Å². The zero-order chi connectivity index (χ0) is 70.3. The van der Waals surface area contributed by atoms with E-state index in [2.05, 4.69) is 100 Å². The number of phenolic OH excluding ortho intramolecular Hbond substituents is 1. The lowest BCUT2D eigenvalue weighted by molar-refractivity contribution is -0.187. The van der Waals surface area contributed by atoms with E-state index in [0.29, 0.717) is 41.8 Å². The van der Waals surface area contributed by atoms with E-state index in [9.17, 15) is 5.11 Å². The Balaban J connectivity index is 0.000000168. The highest BCUT2D eigenvalue weighted by Gasteiger charge is 2.43. The van der Waals surface area contributed by atoms with Crippen LogP contribution in [0.25, 0.3) is 0 Å². The van der Waals surface area contributed by atoms with Crippen LogP contribution in [0.5, 0.6) is 23.0 Å². The SMILES string of the molecule is CC1(COc2ccccc2)COC1.CCC1(COCC2(CC)COC2)COC1.CCC1(COCc2ccc(COCC3(CC)COC3)cc2)COC1.CCC1(COc2ccccc2)COC1.CC[Si](CC)(CC)CCCOCC1(C)COC1.Cc1cc(OCC2(C)COC2)ccc1O. The summed E-state index contributed by atoms with van der Waals surface area (Å²) in [5.41, 5.74) is 5.39. The maximum absolute atomic E-state index is 9.35. The van der Waals surface area contributed by atoms with Crippen LogP contribution in [0.4, 0.5) is 0 Å². The van der Waals surface area contributed by atoms with Crippen LogP contribution in [0.3, 0.4) is 0 Å². The molecule has 8 saturated heterocycles. The first kappa shape index (κ1) is 81.1. The number of aryl methyl sites for hydroxylation is 1. The van der Waals surface area contributed by atoms with Crippen molar-refractivity contribution in [2.24, 2.45) is 43.3 Å². The van der Waals surface area contributed by atoms with Crippen LogP contribution in [-0.2, 0) is 70.1 Å². The molecule has 1 N–H and O–H groups in total. The minimum Gasteiger partial charge on any atom is -0.508 e. The molecule has 8 aliphatic rings. The number of rotatable bonds is 35. The van der Waals surface area contributed by atoms with Gasteiger partial charge >= 0.3 is 0 Å². The molecule has 8 heterocycles. The van der Waals surface area contributed by atoms with E-state index in [1.54, 1.807) is 12.1 Å². The lowest BCUT2D eigenvalue weighted by Crippen LogP contribution is -2.49. The average molecular weight is 1390 g/mol. The first-order valence-corrected chi connectivity index (χ1v) is 39.9. The Morgan fingerprint density at radius 1 is 0.357 bits per heavy atom. The van der Waals surface area contributed by atoms with Crippen molar-refractivity contribution in [1.82, 2.24) is 0 Å². The molecule has 0 spiro atoms. The van der Waals surface area contributed by atoms with Gasteiger partial charge in [-0.3, -0.25) is 0 Å². The first-order chi connectivity index (χ1) is 47.3. The van der Waals surface area contributed by atoms with E-state index in [1.807, 2.05) is 73.7 Å². The summed E-state index contributed by atoms with van der Waals surface area (Å²) in [7, 11) is -0.912. The molecule has 12 rings (SSSR count). The molecule has 0 bridgehead atoms. The van der Waals surface area contributed by atoms with Crippen LogP contribution < -0.4 is 14.2 Å². The monoisotopic (exact) mass is 1380 g/mol. The Morgan fingerprint density at radius 2 is 0.684 bits per heavy atom. The molecule has 17 heteroatoms. The van der Waals surface area contributed by atoms with Gasteiger partial charge in [0.1, 0.15) is 23.0 Å². The summed E-state index contributed by atoms with van der Waals surface area (Å²) in [6.45, 7) is 48.7. The van der Waals surface area contributed by atoms with Crippen LogP contribution in [-0.4, -0.2) is 178 Å². The summed E-state index contributed by atoms with van der Waals surface area (Å²) >= 11 is 0. The molecule has 4 aromatic rings. The van der Waals surface area contributed by atoms with E-state index < -0.39 is 8.07 Å². The Hall–Kier alpha value is -4.18. The lowest BCUT2D eigenvalue weighted by atomic mass is 9.83. The molecule has 0 radical (unpaired) electrons. The maximum Gasteiger partial charge on any atom is 0.119 e. The zero-order valence-corrected chi connectivity index (χ0v) is 63.5. The predicted octanol–water partition coefficient (Wildman–Crippen LogP) is 16.1. The molecular formula is C81H128O16Si. The number of phenols is 1. The number of ether oxygens (including phenoxy) is 15. The molecule has 16 nitrogen and oxygen atoms in total. The summed E-state index contributed by atoms with van der Waals surface area (Å²) in [5, 5.41) is 9.35. The largest absolute Gasteiger partial charge is 0.508 e. The number of aromatic hydroxyl groups is 1.